The Morgan fingerprint density at radius 2 is 1.74 bits per heavy atom. The highest BCUT2D eigenvalue weighted by molar-refractivity contribution is 6.04. The van der Waals surface area contributed by atoms with Crippen LogP contribution in [0, 0.1) is 11.7 Å². The Morgan fingerprint density at radius 1 is 1.05 bits per heavy atom. The molecule has 1 aromatic rings. The standard InChI is InChI=1S/C32H44FN5O5/c1-32(2,3)43-31(41)37-13-11-25(12-14-37)38(24-8-9-24)30(40)23-18-34-28(35-19-23)26-10-7-22(17-27(26)33)29(39)36(4)15-16-42-20-21-5-6-21/h7,10,17-18,21,24-25H,5-6,8-9,11-16,19-20H2,1-4H3,(H,34,35). The zero-order valence-electron chi connectivity index (χ0n) is 25.7. The maximum atomic E-state index is 15.1. The molecule has 43 heavy (non-hydrogen) atoms. The number of halogens is 1. The summed E-state index contributed by atoms with van der Waals surface area (Å²) in [5, 5.41) is 3.01. The molecule has 2 aliphatic heterocycles. The summed E-state index contributed by atoms with van der Waals surface area (Å²) < 4.78 is 26.3. The van der Waals surface area contributed by atoms with Crippen LogP contribution in [0.2, 0.25) is 0 Å². The lowest BCUT2D eigenvalue weighted by atomic mass is 10.0. The van der Waals surface area contributed by atoms with Gasteiger partial charge < -0.3 is 29.5 Å². The van der Waals surface area contributed by atoms with Gasteiger partial charge in [-0.1, -0.05) is 0 Å². The number of ether oxygens (including phenoxy) is 2. The van der Waals surface area contributed by atoms with Gasteiger partial charge in [-0.05, 0) is 83.4 Å². The van der Waals surface area contributed by atoms with Crippen LogP contribution in [-0.2, 0) is 14.3 Å². The smallest absolute Gasteiger partial charge is 0.410 e. The molecule has 1 aromatic carbocycles. The maximum Gasteiger partial charge on any atom is 0.410 e. The molecule has 234 valence electrons. The maximum absolute atomic E-state index is 15.1. The van der Waals surface area contributed by atoms with Crippen molar-refractivity contribution in [2.24, 2.45) is 10.9 Å². The Balaban J connectivity index is 1.14. The van der Waals surface area contributed by atoms with Crippen molar-refractivity contribution in [3.05, 3.63) is 46.9 Å². The van der Waals surface area contributed by atoms with Gasteiger partial charge in [0, 0.05) is 57.1 Å². The van der Waals surface area contributed by atoms with Gasteiger partial charge in [0.25, 0.3) is 11.8 Å². The molecule has 0 unspecified atom stereocenters. The van der Waals surface area contributed by atoms with Crippen LogP contribution in [0.4, 0.5) is 9.18 Å². The summed E-state index contributed by atoms with van der Waals surface area (Å²) in [4.78, 5) is 48.6. The van der Waals surface area contributed by atoms with Crippen LogP contribution < -0.4 is 5.32 Å². The van der Waals surface area contributed by atoms with Gasteiger partial charge in [0.05, 0.1) is 24.3 Å². The molecule has 2 aliphatic carbocycles. The molecule has 1 saturated heterocycles. The Bertz CT molecular complexity index is 1280. The second-order valence-corrected chi connectivity index (χ2v) is 13.1. The summed E-state index contributed by atoms with van der Waals surface area (Å²) in [5.41, 5.74) is 0.463. The van der Waals surface area contributed by atoms with E-state index in [9.17, 15) is 14.4 Å². The zero-order valence-corrected chi connectivity index (χ0v) is 25.7. The van der Waals surface area contributed by atoms with Gasteiger partial charge in [-0.2, -0.15) is 0 Å². The van der Waals surface area contributed by atoms with Crippen molar-refractivity contribution in [1.82, 2.24) is 20.0 Å². The number of aliphatic imine (C=N–C) groups is 1. The van der Waals surface area contributed by atoms with Gasteiger partial charge in [-0.15, -0.1) is 0 Å². The number of carbonyl (C=O) groups is 3. The monoisotopic (exact) mass is 597 g/mol. The van der Waals surface area contributed by atoms with Crippen LogP contribution in [0.5, 0.6) is 0 Å². The summed E-state index contributed by atoms with van der Waals surface area (Å²) >= 11 is 0. The molecule has 1 N–H and O–H groups in total. The molecule has 0 bridgehead atoms. The summed E-state index contributed by atoms with van der Waals surface area (Å²) in [6, 6.07) is 4.60. The molecule has 3 fully saturated rings. The molecule has 0 aromatic heterocycles. The first kappa shape index (κ1) is 31.0. The fourth-order valence-electron chi connectivity index (χ4n) is 5.40. The summed E-state index contributed by atoms with van der Waals surface area (Å²) in [6.45, 7) is 8.38. The minimum Gasteiger partial charge on any atom is -0.444 e. The number of benzene rings is 1. The van der Waals surface area contributed by atoms with E-state index in [-0.39, 0.29) is 47.7 Å². The van der Waals surface area contributed by atoms with E-state index in [1.54, 1.807) is 30.3 Å². The quantitative estimate of drug-likeness (QED) is 0.410. The Labute approximate surface area is 253 Å². The number of nitrogens with zero attached hydrogens (tertiary/aromatic N) is 4. The molecule has 0 atom stereocenters. The van der Waals surface area contributed by atoms with Gasteiger partial charge in [-0.25, -0.2) is 9.18 Å². The van der Waals surface area contributed by atoms with Crippen LogP contribution in [0.1, 0.15) is 75.2 Å². The van der Waals surface area contributed by atoms with Crippen LogP contribution >= 0.6 is 0 Å². The lowest BCUT2D eigenvalue weighted by Gasteiger charge is -2.39. The molecule has 11 heteroatoms. The molecule has 0 spiro atoms. The number of hydrogen-bond donors (Lipinski definition) is 1. The number of amidine groups is 1. The Hall–Kier alpha value is -3.47. The predicted molar refractivity (Wildman–Crippen MR) is 160 cm³/mol. The van der Waals surface area contributed by atoms with Crippen molar-refractivity contribution < 1.29 is 28.2 Å². The normalized spacial score (nSPS) is 19.2. The van der Waals surface area contributed by atoms with E-state index in [1.165, 1.54) is 23.8 Å². The first-order valence-corrected chi connectivity index (χ1v) is 15.4. The van der Waals surface area contributed by atoms with Crippen LogP contribution in [0.25, 0.3) is 0 Å². The fraction of sp³-hybridized carbons (Fsp3) is 0.625. The molecule has 4 aliphatic rings. The van der Waals surface area contributed by atoms with Crippen LogP contribution in [0.3, 0.4) is 0 Å². The topological polar surface area (TPSA) is 104 Å². The first-order valence-electron chi connectivity index (χ1n) is 15.4. The van der Waals surface area contributed by atoms with Crippen LogP contribution in [-0.4, -0.2) is 103 Å². The number of piperidine rings is 1. The second-order valence-electron chi connectivity index (χ2n) is 13.1. The summed E-state index contributed by atoms with van der Waals surface area (Å²) in [7, 11) is 1.68. The average molecular weight is 598 g/mol. The second kappa shape index (κ2) is 13.0. The molecular formula is C32H44FN5O5. The van der Waals surface area contributed by atoms with Gasteiger partial charge in [0.15, 0.2) is 0 Å². The Kier molecular flexibility index (Phi) is 9.39. The van der Waals surface area contributed by atoms with Crippen molar-refractivity contribution in [3.8, 4) is 0 Å². The lowest BCUT2D eigenvalue weighted by molar-refractivity contribution is -0.131. The summed E-state index contributed by atoms with van der Waals surface area (Å²) in [6.07, 6.45) is 7.03. The third-order valence-corrected chi connectivity index (χ3v) is 8.19. The third kappa shape index (κ3) is 8.13. The third-order valence-electron chi connectivity index (χ3n) is 8.19. The molecular weight excluding hydrogens is 553 g/mol. The number of nitrogens with one attached hydrogen (secondary N) is 1. The highest BCUT2D eigenvalue weighted by Crippen LogP contribution is 2.34. The number of amides is 3. The fourth-order valence-corrected chi connectivity index (χ4v) is 5.40. The molecule has 2 heterocycles. The van der Waals surface area contributed by atoms with E-state index in [0.29, 0.717) is 56.4 Å². The molecule has 5 rings (SSSR count). The van der Waals surface area contributed by atoms with Crippen molar-refractivity contribution in [2.45, 2.75) is 77.0 Å². The number of likely N-dealkylation sites (tertiary alicyclic amines) is 1. The van der Waals surface area contributed by atoms with E-state index in [1.807, 2.05) is 25.7 Å². The van der Waals surface area contributed by atoms with Crippen LogP contribution in [0.15, 0.2) is 35.0 Å². The minimum absolute atomic E-state index is 0.0374. The first-order chi connectivity index (χ1) is 20.5. The van der Waals surface area contributed by atoms with Crippen molar-refractivity contribution in [2.75, 3.05) is 46.4 Å². The number of hydrogen-bond acceptors (Lipinski definition) is 7. The highest BCUT2D eigenvalue weighted by Gasteiger charge is 2.40. The predicted octanol–water partition coefficient (Wildman–Crippen LogP) is 3.95. The van der Waals surface area contributed by atoms with E-state index in [2.05, 4.69) is 10.3 Å². The van der Waals surface area contributed by atoms with Crippen molar-refractivity contribution >= 4 is 23.7 Å². The molecule has 0 radical (unpaired) electrons. The molecule has 3 amide bonds. The number of rotatable bonds is 10. The van der Waals surface area contributed by atoms with E-state index >= 15 is 4.39 Å². The van der Waals surface area contributed by atoms with Gasteiger partial charge in [0.1, 0.15) is 17.3 Å². The number of carbonyl (C=O) groups excluding carboxylic acids is 3. The largest absolute Gasteiger partial charge is 0.444 e. The lowest BCUT2D eigenvalue weighted by Crippen LogP contribution is -2.51. The average Bonchev–Trinajstić information content (AvgIpc) is 3.91. The SMILES string of the molecule is CN(CCOCC1CC1)C(=O)c1ccc(C2=NCC(C(=O)N(C3CC3)C3CCN(C(=O)OC(C)(C)C)CC3)=CN2)c(F)c1. The van der Waals surface area contributed by atoms with E-state index in [4.69, 9.17) is 9.47 Å². The van der Waals surface area contributed by atoms with E-state index < -0.39 is 11.4 Å². The number of likely N-dealkylation sites (N-methyl/N-ethyl adjacent to an activating group) is 1. The van der Waals surface area contributed by atoms with Gasteiger partial charge >= 0.3 is 6.09 Å². The molecule has 10 nitrogen and oxygen atoms in total. The van der Waals surface area contributed by atoms with Crippen molar-refractivity contribution in [3.63, 3.8) is 0 Å². The van der Waals surface area contributed by atoms with Gasteiger partial charge in [0.2, 0.25) is 0 Å². The van der Waals surface area contributed by atoms with Crippen molar-refractivity contribution in [1.29, 1.82) is 0 Å². The zero-order chi connectivity index (χ0) is 30.7. The Morgan fingerprint density at radius 3 is 2.33 bits per heavy atom. The van der Waals surface area contributed by atoms with Gasteiger partial charge in [-0.3, -0.25) is 14.6 Å². The summed E-state index contributed by atoms with van der Waals surface area (Å²) in [5.74, 6) is 0.0762. The van der Waals surface area contributed by atoms with E-state index in [0.717, 1.165) is 19.4 Å². The highest BCUT2D eigenvalue weighted by atomic mass is 19.1. The molecule has 2 saturated carbocycles. The minimum atomic E-state index is -0.560.